The number of nitro benzene ring substituents is 2. The summed E-state index contributed by atoms with van der Waals surface area (Å²) in [5.41, 5.74) is 0.151. The Morgan fingerprint density at radius 2 is 1.04 bits per heavy atom. The Morgan fingerprint density at radius 1 is 0.647 bits per heavy atom. The van der Waals surface area contributed by atoms with E-state index in [1.54, 1.807) is 0 Å². The van der Waals surface area contributed by atoms with Crippen molar-refractivity contribution in [2.75, 3.05) is 10.6 Å². The first-order valence-corrected chi connectivity index (χ1v) is 16.8. The highest BCUT2D eigenvalue weighted by Crippen LogP contribution is 2.17. The van der Waals surface area contributed by atoms with Crippen molar-refractivity contribution in [2.45, 2.75) is 23.6 Å². The van der Waals surface area contributed by atoms with Crippen molar-refractivity contribution in [1.82, 2.24) is 4.72 Å². The van der Waals surface area contributed by atoms with Crippen LogP contribution in [0.3, 0.4) is 0 Å². The molecular formula is C30H28N6O13S2. The second kappa shape index (κ2) is 17.7. The molecule has 4 aromatic rings. The molecule has 0 radical (unpaired) electrons. The third-order valence-corrected chi connectivity index (χ3v) is 8.11. The van der Waals surface area contributed by atoms with Crippen LogP contribution >= 0.6 is 0 Å². The van der Waals surface area contributed by atoms with E-state index in [0.717, 1.165) is 12.1 Å². The van der Waals surface area contributed by atoms with Crippen LogP contribution in [-0.2, 0) is 29.6 Å². The lowest BCUT2D eigenvalue weighted by molar-refractivity contribution is -0.385. The number of nitro groups is 2. The summed E-state index contributed by atoms with van der Waals surface area (Å²) in [6.45, 7) is 2.68. The number of primary sulfonamides is 1. The van der Waals surface area contributed by atoms with Gasteiger partial charge in [-0.15, -0.1) is 0 Å². The molecule has 0 bridgehead atoms. The first-order chi connectivity index (χ1) is 23.7. The number of nitrogens with two attached hydrogens (primary N) is 1. The number of nitrogens with one attached hydrogen (secondary N) is 3. The molecule has 4 aromatic carbocycles. The Bertz CT molecular complexity index is 2150. The van der Waals surface area contributed by atoms with Crippen molar-refractivity contribution in [2.24, 2.45) is 5.14 Å². The van der Waals surface area contributed by atoms with Gasteiger partial charge in [0, 0.05) is 55.1 Å². The molecule has 0 spiro atoms. The molecule has 0 heterocycles. The average Bonchev–Trinajstić information content (AvgIpc) is 3.05. The Labute approximate surface area is 289 Å². The highest BCUT2D eigenvalue weighted by atomic mass is 32.2. The van der Waals surface area contributed by atoms with E-state index in [1.165, 1.54) is 98.8 Å². The molecule has 0 unspecified atom stereocenters. The van der Waals surface area contributed by atoms with E-state index in [-0.39, 0.29) is 44.1 Å². The van der Waals surface area contributed by atoms with Gasteiger partial charge in [0.05, 0.1) is 25.2 Å². The number of aromatic carboxylic acids is 1. The Hall–Kier alpha value is -6.58. The van der Waals surface area contributed by atoms with E-state index in [1.807, 2.05) is 4.72 Å². The number of carboxylic acids is 1. The molecule has 6 N–H and O–H groups in total. The minimum absolute atomic E-state index is 0.0200. The standard InChI is InChI=1S/C15H13N3O6S.C8H10N2O3S.C7H5NO4/c1-10(19)16-12-5-7-14(8-6-12)25(23,24)17-15(20)11-3-2-4-13(9-11)18(21)22;1-6(11)10-7-2-4-8(5-3-7)14(9,12)13;9-7(10)5-2-1-3-6(4-5)8(11)12/h2-9H,1H3,(H,16,19)(H,17,20);2-5H,1H3,(H,10,11)(H2,9,12,13);1-4H,(H,9,10). The summed E-state index contributed by atoms with van der Waals surface area (Å²) in [5, 5.41) is 39.3. The molecule has 51 heavy (non-hydrogen) atoms. The van der Waals surface area contributed by atoms with Crippen LogP contribution in [0.15, 0.2) is 107 Å². The van der Waals surface area contributed by atoms with E-state index < -0.39 is 41.8 Å². The number of anilines is 2. The zero-order valence-corrected chi connectivity index (χ0v) is 28.0. The first-order valence-electron chi connectivity index (χ1n) is 13.8. The topological polar surface area (TPSA) is 305 Å². The summed E-state index contributed by atoms with van der Waals surface area (Å²) < 4.78 is 48.0. The third kappa shape index (κ3) is 13.5. The van der Waals surface area contributed by atoms with Crippen molar-refractivity contribution < 1.29 is 51.0 Å². The SMILES string of the molecule is CC(=O)Nc1ccc(S(=O)(=O)NC(=O)c2cccc([N+](=O)[O-])c2)cc1.CC(=O)Nc1ccc(S(N)(=O)=O)cc1.O=C(O)c1cccc([N+](=O)[O-])c1. The second-order valence-electron chi connectivity index (χ2n) is 9.81. The first kappa shape index (κ1) is 40.6. The van der Waals surface area contributed by atoms with Crippen LogP contribution in [0.25, 0.3) is 0 Å². The van der Waals surface area contributed by atoms with Crippen molar-refractivity contribution in [3.8, 4) is 0 Å². The van der Waals surface area contributed by atoms with Gasteiger partial charge in [0.2, 0.25) is 21.8 Å². The van der Waals surface area contributed by atoms with Gasteiger partial charge in [0.1, 0.15) is 0 Å². The van der Waals surface area contributed by atoms with E-state index in [0.29, 0.717) is 11.4 Å². The molecule has 0 aliphatic rings. The molecule has 0 saturated carbocycles. The fourth-order valence-corrected chi connectivity index (χ4v) is 5.09. The fourth-order valence-electron chi connectivity index (χ4n) is 3.61. The molecular weight excluding hydrogens is 716 g/mol. The number of hydrogen-bond acceptors (Lipinski definition) is 12. The molecule has 0 aliphatic carbocycles. The van der Waals surface area contributed by atoms with Gasteiger partial charge in [0.15, 0.2) is 0 Å². The van der Waals surface area contributed by atoms with Crippen LogP contribution in [0, 0.1) is 20.2 Å². The average molecular weight is 745 g/mol. The quantitative estimate of drug-likeness (QED) is 0.122. The molecule has 0 fully saturated rings. The number of carbonyl (C=O) groups excluding carboxylic acids is 3. The maximum atomic E-state index is 12.2. The number of rotatable bonds is 9. The lowest BCUT2D eigenvalue weighted by Gasteiger charge is -2.08. The van der Waals surface area contributed by atoms with Gasteiger partial charge in [-0.2, -0.15) is 0 Å². The summed E-state index contributed by atoms with van der Waals surface area (Å²) in [5.74, 6) is -2.68. The molecule has 3 amide bonds. The number of hydrogen-bond donors (Lipinski definition) is 5. The fraction of sp³-hybridized carbons (Fsp3) is 0.0667. The Balaban J connectivity index is 0.000000292. The van der Waals surface area contributed by atoms with Gasteiger partial charge in [-0.1, -0.05) is 12.1 Å². The number of non-ortho nitro benzene ring substituents is 2. The zero-order chi connectivity index (χ0) is 38.5. The number of benzene rings is 4. The van der Waals surface area contributed by atoms with E-state index in [2.05, 4.69) is 10.6 Å². The summed E-state index contributed by atoms with van der Waals surface area (Å²) in [7, 11) is -7.83. The van der Waals surface area contributed by atoms with Crippen LogP contribution in [-0.4, -0.2) is 55.5 Å². The van der Waals surface area contributed by atoms with Crippen molar-refractivity contribution in [3.05, 3.63) is 128 Å². The molecule has 0 aromatic heterocycles. The second-order valence-corrected chi connectivity index (χ2v) is 13.1. The Kier molecular flexibility index (Phi) is 14.1. The van der Waals surface area contributed by atoms with Crippen molar-refractivity contribution in [1.29, 1.82) is 0 Å². The number of carbonyl (C=O) groups is 4. The van der Waals surface area contributed by atoms with E-state index in [4.69, 9.17) is 10.2 Å². The lowest BCUT2D eigenvalue weighted by atomic mass is 10.2. The lowest BCUT2D eigenvalue weighted by Crippen LogP contribution is -2.30. The van der Waals surface area contributed by atoms with Crippen molar-refractivity contribution >= 4 is 66.5 Å². The molecule has 268 valence electrons. The van der Waals surface area contributed by atoms with E-state index >= 15 is 0 Å². The number of nitrogens with zero attached hydrogens (tertiary/aromatic N) is 2. The van der Waals surface area contributed by atoms with E-state index in [9.17, 15) is 56.2 Å². The highest BCUT2D eigenvalue weighted by Gasteiger charge is 2.20. The summed E-state index contributed by atoms with van der Waals surface area (Å²) in [6, 6.07) is 20.4. The summed E-state index contributed by atoms with van der Waals surface area (Å²) in [4.78, 5) is 63.4. The summed E-state index contributed by atoms with van der Waals surface area (Å²) in [6.07, 6.45) is 0. The molecule has 0 aliphatic heterocycles. The monoisotopic (exact) mass is 744 g/mol. The number of sulfonamides is 2. The smallest absolute Gasteiger partial charge is 0.335 e. The molecule has 0 saturated heterocycles. The predicted molar refractivity (Wildman–Crippen MR) is 181 cm³/mol. The minimum atomic E-state index is -4.17. The highest BCUT2D eigenvalue weighted by molar-refractivity contribution is 7.90. The van der Waals surface area contributed by atoms with Crippen LogP contribution in [0.4, 0.5) is 22.7 Å². The molecule has 19 nitrogen and oxygen atoms in total. The number of carboxylic acid groups (broad SMARTS) is 1. The normalized spacial score (nSPS) is 10.5. The molecule has 21 heteroatoms. The maximum absolute atomic E-state index is 12.2. The van der Waals surface area contributed by atoms with Crippen LogP contribution in [0.1, 0.15) is 34.6 Å². The van der Waals surface area contributed by atoms with Crippen LogP contribution in [0.5, 0.6) is 0 Å². The maximum Gasteiger partial charge on any atom is 0.335 e. The van der Waals surface area contributed by atoms with Gasteiger partial charge in [-0.25, -0.2) is 31.5 Å². The summed E-state index contributed by atoms with van der Waals surface area (Å²) >= 11 is 0. The van der Waals surface area contributed by atoms with Gasteiger partial charge < -0.3 is 15.7 Å². The van der Waals surface area contributed by atoms with Gasteiger partial charge in [-0.05, 0) is 60.7 Å². The predicted octanol–water partition coefficient (Wildman–Crippen LogP) is 3.26. The Morgan fingerprint density at radius 3 is 1.41 bits per heavy atom. The van der Waals surface area contributed by atoms with Crippen molar-refractivity contribution in [3.63, 3.8) is 0 Å². The third-order valence-electron chi connectivity index (χ3n) is 5.84. The van der Waals surface area contributed by atoms with Gasteiger partial charge in [0.25, 0.3) is 27.3 Å². The molecule has 4 rings (SSSR count). The van der Waals surface area contributed by atoms with Gasteiger partial charge >= 0.3 is 5.97 Å². The zero-order valence-electron chi connectivity index (χ0n) is 26.4. The number of amides is 3. The minimum Gasteiger partial charge on any atom is -0.478 e. The van der Waals surface area contributed by atoms with Gasteiger partial charge in [-0.3, -0.25) is 34.6 Å². The van der Waals surface area contributed by atoms with Crippen LogP contribution < -0.4 is 20.5 Å². The molecule has 0 atom stereocenters. The largest absolute Gasteiger partial charge is 0.478 e. The van der Waals surface area contributed by atoms with Crippen LogP contribution in [0.2, 0.25) is 0 Å².